The van der Waals surface area contributed by atoms with Gasteiger partial charge in [-0.1, -0.05) is 32.0 Å². The number of ether oxygens (including phenoxy) is 1. The van der Waals surface area contributed by atoms with Crippen LogP contribution in [-0.4, -0.2) is 54.4 Å². The van der Waals surface area contributed by atoms with E-state index in [4.69, 9.17) is 4.74 Å². The molecule has 2 atom stereocenters. The van der Waals surface area contributed by atoms with Gasteiger partial charge in [-0.2, -0.15) is 0 Å². The van der Waals surface area contributed by atoms with Gasteiger partial charge in [0.25, 0.3) is 11.8 Å². The summed E-state index contributed by atoms with van der Waals surface area (Å²) in [7, 11) is 0. The largest absolute Gasteiger partial charge is 0.477 e. The molecule has 2 aromatic rings. The van der Waals surface area contributed by atoms with Gasteiger partial charge in [-0.05, 0) is 49.3 Å². The molecule has 1 aromatic carbocycles. The zero-order valence-electron chi connectivity index (χ0n) is 19.2. The number of anilines is 1. The third-order valence-corrected chi connectivity index (χ3v) is 7.31. The van der Waals surface area contributed by atoms with Crippen LogP contribution in [0.15, 0.2) is 41.8 Å². The lowest BCUT2D eigenvalue weighted by molar-refractivity contribution is -0.129. The number of piperidine rings is 1. The second-order valence-electron chi connectivity index (χ2n) is 8.61. The highest BCUT2D eigenvalue weighted by Gasteiger charge is 2.38. The predicted octanol–water partition coefficient (Wildman–Crippen LogP) is 3.70. The lowest BCUT2D eigenvalue weighted by Crippen LogP contribution is -2.55. The monoisotopic (exact) mass is 469 g/mol. The molecule has 1 saturated heterocycles. The Morgan fingerprint density at radius 3 is 2.64 bits per heavy atom. The van der Waals surface area contributed by atoms with Crippen molar-refractivity contribution in [2.45, 2.75) is 51.7 Å². The van der Waals surface area contributed by atoms with E-state index in [0.717, 1.165) is 25.7 Å². The van der Waals surface area contributed by atoms with Crippen molar-refractivity contribution < 1.29 is 19.1 Å². The van der Waals surface area contributed by atoms with E-state index in [2.05, 4.69) is 5.32 Å². The molecule has 4 rings (SSSR count). The number of nitrogens with one attached hydrogen (secondary N) is 1. The van der Waals surface area contributed by atoms with Gasteiger partial charge in [0.1, 0.15) is 5.75 Å². The number of carbonyl (C=O) groups is 3. The van der Waals surface area contributed by atoms with Crippen molar-refractivity contribution in [3.63, 3.8) is 0 Å². The average molecular weight is 470 g/mol. The Bertz CT molecular complexity index is 989. The lowest BCUT2D eigenvalue weighted by atomic mass is 9.95. The first kappa shape index (κ1) is 23.3. The minimum absolute atomic E-state index is 0.0210. The maximum Gasteiger partial charge on any atom is 0.263 e. The molecule has 2 aliphatic rings. The van der Waals surface area contributed by atoms with Crippen molar-refractivity contribution in [2.75, 3.05) is 24.5 Å². The second kappa shape index (κ2) is 10.4. The standard InChI is InChI=1S/C25H31N3O4S/c1-3-18(4-2)26-23(29)21-16-28(19-10-5-6-11-20(19)32-21)24(30)17-9-7-13-27(15-17)25(31)22-12-8-14-33-22/h5-6,8,10-12,14,17-18,21H,3-4,7,9,13,15-16H2,1-2H3,(H,26,29). The molecule has 1 N–H and O–H groups in total. The van der Waals surface area contributed by atoms with E-state index in [1.54, 1.807) is 15.9 Å². The van der Waals surface area contributed by atoms with Crippen molar-refractivity contribution >= 4 is 34.7 Å². The van der Waals surface area contributed by atoms with E-state index < -0.39 is 6.10 Å². The third-order valence-electron chi connectivity index (χ3n) is 6.45. The molecule has 3 amide bonds. The fraction of sp³-hybridized carbons (Fsp3) is 0.480. The molecular weight excluding hydrogens is 438 g/mol. The number of para-hydroxylation sites is 2. The van der Waals surface area contributed by atoms with Crippen molar-refractivity contribution in [2.24, 2.45) is 5.92 Å². The molecule has 2 unspecified atom stereocenters. The highest BCUT2D eigenvalue weighted by atomic mass is 32.1. The molecule has 3 heterocycles. The van der Waals surface area contributed by atoms with Crippen LogP contribution in [0.25, 0.3) is 0 Å². The first-order valence-corrected chi connectivity index (χ1v) is 12.6. The average Bonchev–Trinajstić information content (AvgIpc) is 3.40. The van der Waals surface area contributed by atoms with Gasteiger partial charge < -0.3 is 19.9 Å². The second-order valence-corrected chi connectivity index (χ2v) is 9.56. The number of likely N-dealkylation sites (tertiary alicyclic amines) is 1. The molecule has 0 aliphatic carbocycles. The van der Waals surface area contributed by atoms with Crippen LogP contribution in [0.4, 0.5) is 5.69 Å². The Morgan fingerprint density at radius 2 is 1.91 bits per heavy atom. The molecule has 33 heavy (non-hydrogen) atoms. The molecule has 7 nitrogen and oxygen atoms in total. The summed E-state index contributed by atoms with van der Waals surface area (Å²) >= 11 is 1.42. The Kier molecular flexibility index (Phi) is 7.33. The van der Waals surface area contributed by atoms with Crippen LogP contribution in [-0.2, 0) is 9.59 Å². The number of benzene rings is 1. The molecule has 2 aliphatic heterocycles. The molecule has 176 valence electrons. The third kappa shape index (κ3) is 5.05. The summed E-state index contributed by atoms with van der Waals surface area (Å²) < 4.78 is 5.99. The summed E-state index contributed by atoms with van der Waals surface area (Å²) in [5.74, 6) is -0.0584. The summed E-state index contributed by atoms with van der Waals surface area (Å²) in [4.78, 5) is 43.6. The van der Waals surface area contributed by atoms with Crippen LogP contribution >= 0.6 is 11.3 Å². The fourth-order valence-corrected chi connectivity index (χ4v) is 5.20. The summed E-state index contributed by atoms with van der Waals surface area (Å²) in [6.07, 6.45) is 2.40. The molecule has 1 fully saturated rings. The number of amides is 3. The van der Waals surface area contributed by atoms with E-state index >= 15 is 0 Å². The smallest absolute Gasteiger partial charge is 0.263 e. The van der Waals surface area contributed by atoms with E-state index in [0.29, 0.717) is 29.4 Å². The fourth-order valence-electron chi connectivity index (χ4n) is 4.51. The number of hydrogen-bond acceptors (Lipinski definition) is 5. The van der Waals surface area contributed by atoms with Crippen LogP contribution in [0.5, 0.6) is 5.75 Å². The highest BCUT2D eigenvalue weighted by molar-refractivity contribution is 7.12. The minimum Gasteiger partial charge on any atom is -0.477 e. The Labute approximate surface area is 198 Å². The number of hydrogen-bond donors (Lipinski definition) is 1. The quantitative estimate of drug-likeness (QED) is 0.700. The topological polar surface area (TPSA) is 79.0 Å². The maximum atomic E-state index is 13.7. The van der Waals surface area contributed by atoms with Gasteiger partial charge in [0.15, 0.2) is 6.10 Å². The summed E-state index contributed by atoms with van der Waals surface area (Å²) in [5.41, 5.74) is 0.677. The summed E-state index contributed by atoms with van der Waals surface area (Å²) in [6, 6.07) is 11.1. The lowest BCUT2D eigenvalue weighted by Gasteiger charge is -2.39. The molecule has 1 aromatic heterocycles. The number of fused-ring (bicyclic) bond motifs is 1. The molecule has 0 saturated carbocycles. The predicted molar refractivity (Wildman–Crippen MR) is 129 cm³/mol. The Balaban J connectivity index is 1.51. The molecular formula is C25H31N3O4S. The van der Waals surface area contributed by atoms with Gasteiger partial charge in [-0.15, -0.1) is 11.3 Å². The Morgan fingerprint density at radius 1 is 1.12 bits per heavy atom. The molecule has 0 spiro atoms. The zero-order valence-corrected chi connectivity index (χ0v) is 20.0. The molecule has 8 heteroatoms. The zero-order chi connectivity index (χ0) is 23.4. The van der Waals surface area contributed by atoms with E-state index in [1.165, 1.54) is 11.3 Å². The van der Waals surface area contributed by atoms with Gasteiger partial charge in [0.2, 0.25) is 5.91 Å². The Hall–Kier alpha value is -2.87. The van der Waals surface area contributed by atoms with Crippen LogP contribution in [0.2, 0.25) is 0 Å². The van der Waals surface area contributed by atoms with Crippen molar-refractivity contribution in [1.82, 2.24) is 10.2 Å². The first-order valence-electron chi connectivity index (χ1n) is 11.7. The van der Waals surface area contributed by atoms with Gasteiger partial charge in [0.05, 0.1) is 23.0 Å². The van der Waals surface area contributed by atoms with Crippen LogP contribution in [0, 0.1) is 5.92 Å². The van der Waals surface area contributed by atoms with E-state index in [9.17, 15) is 14.4 Å². The van der Waals surface area contributed by atoms with E-state index in [1.807, 2.05) is 49.6 Å². The van der Waals surface area contributed by atoms with Crippen LogP contribution < -0.4 is 15.0 Å². The number of rotatable bonds is 6. The summed E-state index contributed by atoms with van der Waals surface area (Å²) in [6.45, 7) is 5.28. The van der Waals surface area contributed by atoms with Gasteiger partial charge in [-0.3, -0.25) is 14.4 Å². The first-order chi connectivity index (χ1) is 16.0. The maximum absolute atomic E-state index is 13.7. The SMILES string of the molecule is CCC(CC)NC(=O)C1CN(C(=O)C2CCCN(C(=O)c3cccs3)C2)c2ccccc2O1. The number of carbonyl (C=O) groups excluding carboxylic acids is 3. The van der Waals surface area contributed by atoms with Crippen LogP contribution in [0.3, 0.4) is 0 Å². The van der Waals surface area contributed by atoms with Crippen LogP contribution in [0.1, 0.15) is 49.2 Å². The molecule has 0 bridgehead atoms. The number of thiophene rings is 1. The van der Waals surface area contributed by atoms with Crippen molar-refractivity contribution in [3.05, 3.63) is 46.7 Å². The highest BCUT2D eigenvalue weighted by Crippen LogP contribution is 2.35. The van der Waals surface area contributed by atoms with Gasteiger partial charge in [0, 0.05) is 19.1 Å². The van der Waals surface area contributed by atoms with E-state index in [-0.39, 0.29) is 36.2 Å². The number of nitrogens with zero attached hydrogens (tertiary/aromatic N) is 2. The van der Waals surface area contributed by atoms with Gasteiger partial charge >= 0.3 is 0 Å². The normalized spacial score (nSPS) is 20.2. The summed E-state index contributed by atoms with van der Waals surface area (Å²) in [5, 5.41) is 4.93. The molecule has 0 radical (unpaired) electrons. The van der Waals surface area contributed by atoms with Crippen molar-refractivity contribution in [3.8, 4) is 5.75 Å². The van der Waals surface area contributed by atoms with Gasteiger partial charge in [-0.25, -0.2) is 0 Å². The van der Waals surface area contributed by atoms with Crippen molar-refractivity contribution in [1.29, 1.82) is 0 Å². The minimum atomic E-state index is -0.767.